The highest BCUT2D eigenvalue weighted by molar-refractivity contribution is 7.92. The van der Waals surface area contributed by atoms with Gasteiger partial charge in [-0.05, 0) is 55.0 Å². The molecule has 1 aliphatic rings. The zero-order valence-corrected chi connectivity index (χ0v) is 14.1. The van der Waals surface area contributed by atoms with E-state index in [1.807, 2.05) is 6.92 Å². The van der Waals surface area contributed by atoms with Gasteiger partial charge < -0.3 is 10.1 Å². The lowest BCUT2D eigenvalue weighted by Crippen LogP contribution is -2.16. The fourth-order valence-electron chi connectivity index (χ4n) is 2.44. The Hall–Kier alpha value is -2.12. The molecule has 3 rings (SSSR count). The molecule has 0 fully saturated rings. The highest BCUT2D eigenvalue weighted by Gasteiger charge is 2.19. The minimum absolute atomic E-state index is 0.0720. The molecule has 1 atom stereocenters. The zero-order valence-electron chi connectivity index (χ0n) is 12.4. The van der Waals surface area contributed by atoms with E-state index in [0.717, 1.165) is 11.3 Å². The minimum atomic E-state index is -3.60. The second kappa shape index (κ2) is 6.17. The summed E-state index contributed by atoms with van der Waals surface area (Å²) in [6.45, 7) is 1.92. The van der Waals surface area contributed by atoms with E-state index < -0.39 is 10.0 Å². The summed E-state index contributed by atoms with van der Waals surface area (Å²) < 4.78 is 32.9. The molecule has 2 N–H and O–H groups in total. The second-order valence-corrected chi connectivity index (χ2v) is 7.39. The maximum Gasteiger partial charge on any atom is 0.261 e. The van der Waals surface area contributed by atoms with Crippen molar-refractivity contribution >= 4 is 38.8 Å². The average molecular weight is 348 g/mol. The Labute approximate surface area is 140 Å². The third-order valence-corrected chi connectivity index (χ3v) is 5.06. The van der Waals surface area contributed by atoms with Gasteiger partial charge in [0.1, 0.15) is 6.10 Å². The highest BCUT2D eigenvalue weighted by Crippen LogP contribution is 2.26. The van der Waals surface area contributed by atoms with E-state index in [9.17, 15) is 8.42 Å². The summed E-state index contributed by atoms with van der Waals surface area (Å²) in [6, 6.07) is 13.6. The van der Waals surface area contributed by atoms with Crippen molar-refractivity contribution in [2.24, 2.45) is 0 Å². The summed E-state index contributed by atoms with van der Waals surface area (Å²) in [4.78, 5) is 0.228. The molecule has 120 valence electrons. The monoisotopic (exact) mass is 348 g/mol. The van der Waals surface area contributed by atoms with Gasteiger partial charge in [0.05, 0.1) is 4.90 Å². The van der Waals surface area contributed by atoms with Gasteiger partial charge in [-0.25, -0.2) is 8.42 Å². The predicted molar refractivity (Wildman–Crippen MR) is 94.2 cm³/mol. The molecule has 2 aromatic carbocycles. The van der Waals surface area contributed by atoms with Gasteiger partial charge >= 0.3 is 0 Å². The van der Waals surface area contributed by atoms with Crippen LogP contribution < -0.4 is 10.0 Å². The van der Waals surface area contributed by atoms with E-state index in [4.69, 9.17) is 17.0 Å². The first-order valence-electron chi connectivity index (χ1n) is 7.12. The number of ether oxygens (including phenoxy) is 1. The van der Waals surface area contributed by atoms with Gasteiger partial charge in [-0.1, -0.05) is 18.2 Å². The number of sulfonamides is 1. The average Bonchev–Trinajstić information content (AvgIpc) is 2.64. The largest absolute Gasteiger partial charge is 0.467 e. The van der Waals surface area contributed by atoms with Crippen molar-refractivity contribution in [2.45, 2.75) is 24.3 Å². The number of anilines is 2. The van der Waals surface area contributed by atoms with E-state index >= 15 is 0 Å². The molecule has 0 saturated carbocycles. The van der Waals surface area contributed by atoms with Crippen molar-refractivity contribution in [3.8, 4) is 0 Å². The van der Waals surface area contributed by atoms with Gasteiger partial charge in [-0.15, -0.1) is 0 Å². The standard InChI is InChI=1S/C16H16N2O3S2/c1-11-9-12-10-13(7-8-15(12)17-16(22)21-11)18-23(19,20)14-5-3-2-4-6-14/h2-8,10-11,18H,9H2,1H3,(H,17,22). The first-order chi connectivity index (χ1) is 10.9. The summed E-state index contributed by atoms with van der Waals surface area (Å²) in [5.41, 5.74) is 2.29. The van der Waals surface area contributed by atoms with Crippen LogP contribution in [0, 0.1) is 0 Å². The van der Waals surface area contributed by atoms with Crippen LogP contribution in [0.3, 0.4) is 0 Å². The number of thiocarbonyl (C=S) groups is 1. The van der Waals surface area contributed by atoms with Crippen LogP contribution in [-0.4, -0.2) is 19.7 Å². The smallest absolute Gasteiger partial charge is 0.261 e. The molecule has 0 saturated heterocycles. The molecule has 5 nitrogen and oxygen atoms in total. The topological polar surface area (TPSA) is 67.4 Å². The van der Waals surface area contributed by atoms with Crippen molar-refractivity contribution in [2.75, 3.05) is 10.0 Å². The Morgan fingerprint density at radius 2 is 1.96 bits per heavy atom. The van der Waals surface area contributed by atoms with E-state index in [0.29, 0.717) is 17.3 Å². The summed E-state index contributed by atoms with van der Waals surface area (Å²) >= 11 is 5.09. The van der Waals surface area contributed by atoms with E-state index in [-0.39, 0.29) is 11.0 Å². The molecular formula is C16H16N2O3S2. The molecule has 0 aromatic heterocycles. The third kappa shape index (κ3) is 3.62. The van der Waals surface area contributed by atoms with E-state index in [1.165, 1.54) is 0 Å². The molecule has 1 heterocycles. The Kier molecular flexibility index (Phi) is 4.23. The van der Waals surface area contributed by atoms with Crippen molar-refractivity contribution in [3.05, 3.63) is 54.1 Å². The van der Waals surface area contributed by atoms with Gasteiger partial charge in [-0.3, -0.25) is 4.72 Å². The summed E-state index contributed by atoms with van der Waals surface area (Å²) in [6.07, 6.45) is 0.570. The van der Waals surface area contributed by atoms with Gasteiger partial charge in [0.2, 0.25) is 0 Å². The summed E-state index contributed by atoms with van der Waals surface area (Å²) in [7, 11) is -3.60. The Morgan fingerprint density at radius 1 is 1.22 bits per heavy atom. The molecule has 0 spiro atoms. The summed E-state index contributed by atoms with van der Waals surface area (Å²) in [5, 5.41) is 3.33. The lowest BCUT2D eigenvalue weighted by atomic mass is 10.1. The van der Waals surface area contributed by atoms with Crippen molar-refractivity contribution < 1.29 is 13.2 Å². The molecule has 2 aromatic rings. The van der Waals surface area contributed by atoms with Crippen molar-refractivity contribution in [1.29, 1.82) is 0 Å². The molecule has 23 heavy (non-hydrogen) atoms. The molecule has 0 radical (unpaired) electrons. The van der Waals surface area contributed by atoms with Crippen LogP contribution in [0.25, 0.3) is 0 Å². The number of hydrogen-bond donors (Lipinski definition) is 2. The Bertz CT molecular complexity index is 836. The van der Waals surface area contributed by atoms with Crippen LogP contribution >= 0.6 is 12.2 Å². The highest BCUT2D eigenvalue weighted by atomic mass is 32.2. The number of nitrogens with one attached hydrogen (secondary N) is 2. The van der Waals surface area contributed by atoms with Crippen LogP contribution in [0.1, 0.15) is 12.5 Å². The lowest BCUT2D eigenvalue weighted by molar-refractivity contribution is 0.217. The van der Waals surface area contributed by atoms with Crippen LogP contribution in [0.15, 0.2) is 53.4 Å². The second-order valence-electron chi connectivity index (χ2n) is 5.34. The SMILES string of the molecule is CC1Cc2cc(NS(=O)(=O)c3ccccc3)ccc2NC(=S)O1. The molecule has 0 bridgehead atoms. The quantitative estimate of drug-likeness (QED) is 0.834. The number of hydrogen-bond acceptors (Lipinski definition) is 4. The van der Waals surface area contributed by atoms with Gasteiger partial charge in [0.15, 0.2) is 0 Å². The molecule has 1 unspecified atom stereocenters. The first kappa shape index (κ1) is 15.8. The van der Waals surface area contributed by atoms with Crippen LogP contribution in [0.5, 0.6) is 0 Å². The number of fused-ring (bicyclic) bond motifs is 1. The molecule has 7 heteroatoms. The lowest BCUT2D eigenvalue weighted by Gasteiger charge is -2.12. The maximum absolute atomic E-state index is 12.4. The minimum Gasteiger partial charge on any atom is -0.467 e. The van der Waals surface area contributed by atoms with Crippen LogP contribution in [-0.2, 0) is 21.2 Å². The maximum atomic E-state index is 12.4. The van der Waals surface area contributed by atoms with Gasteiger partial charge in [0, 0.05) is 17.8 Å². The fraction of sp³-hybridized carbons (Fsp3) is 0.188. The molecule has 1 aliphatic heterocycles. The summed E-state index contributed by atoms with van der Waals surface area (Å²) in [5.74, 6) is 0. The number of rotatable bonds is 3. The fourth-order valence-corrected chi connectivity index (χ4v) is 3.78. The molecule has 0 amide bonds. The predicted octanol–water partition coefficient (Wildman–Crippen LogP) is 3.15. The molecule has 0 aliphatic carbocycles. The normalized spacial score (nSPS) is 17.4. The van der Waals surface area contributed by atoms with Crippen LogP contribution in [0.4, 0.5) is 11.4 Å². The van der Waals surface area contributed by atoms with Crippen molar-refractivity contribution in [3.63, 3.8) is 0 Å². The first-order valence-corrected chi connectivity index (χ1v) is 9.01. The van der Waals surface area contributed by atoms with Crippen LogP contribution in [0.2, 0.25) is 0 Å². The number of benzene rings is 2. The zero-order chi connectivity index (χ0) is 16.4. The van der Waals surface area contributed by atoms with Gasteiger partial charge in [0.25, 0.3) is 15.2 Å². The Balaban J connectivity index is 1.89. The molecular weight excluding hydrogens is 332 g/mol. The van der Waals surface area contributed by atoms with E-state index in [1.54, 1.807) is 48.5 Å². The van der Waals surface area contributed by atoms with Crippen molar-refractivity contribution in [1.82, 2.24) is 0 Å². The Morgan fingerprint density at radius 3 is 2.70 bits per heavy atom. The third-order valence-electron chi connectivity index (χ3n) is 3.46. The van der Waals surface area contributed by atoms with Gasteiger partial charge in [-0.2, -0.15) is 0 Å². The van der Waals surface area contributed by atoms with E-state index in [2.05, 4.69) is 10.0 Å².